The Hall–Kier alpha value is -1.73. The zero-order valence-corrected chi connectivity index (χ0v) is 14.2. The van der Waals surface area contributed by atoms with Gasteiger partial charge >= 0.3 is 0 Å². The maximum absolute atomic E-state index is 14.3. The van der Waals surface area contributed by atoms with Crippen molar-refractivity contribution in [2.45, 2.75) is 12.8 Å². The van der Waals surface area contributed by atoms with Crippen LogP contribution >= 0.6 is 0 Å². The molecule has 0 aromatic heterocycles. The van der Waals surface area contributed by atoms with Gasteiger partial charge in [-0.25, -0.2) is 4.39 Å². The van der Waals surface area contributed by atoms with E-state index < -0.39 is 10.7 Å². The molecule has 1 aromatic carbocycles. The SMILES string of the molecule is CN1CCN(CC2CCCN(c3ccc([N+](=O)[O-])cc3F)C2)CC1. The number of rotatable bonds is 4. The maximum Gasteiger partial charge on any atom is 0.272 e. The van der Waals surface area contributed by atoms with Crippen LogP contribution in [-0.2, 0) is 0 Å². The average Bonchev–Trinajstić information content (AvgIpc) is 2.57. The van der Waals surface area contributed by atoms with E-state index >= 15 is 0 Å². The standard InChI is InChI=1S/C17H25FN4O2/c1-19-7-9-20(10-8-19)12-14-3-2-6-21(13-14)17-5-4-15(22(23)24)11-16(17)18/h4-5,11,14H,2-3,6-10,12-13H2,1H3. The Morgan fingerprint density at radius 3 is 2.67 bits per heavy atom. The molecule has 1 atom stereocenters. The number of halogens is 1. The molecule has 7 heteroatoms. The van der Waals surface area contributed by atoms with Crippen molar-refractivity contribution in [3.8, 4) is 0 Å². The van der Waals surface area contributed by atoms with Crippen LogP contribution in [0.5, 0.6) is 0 Å². The third kappa shape index (κ3) is 4.02. The number of hydrogen-bond acceptors (Lipinski definition) is 5. The highest BCUT2D eigenvalue weighted by atomic mass is 19.1. The molecule has 2 heterocycles. The van der Waals surface area contributed by atoms with Crippen molar-refractivity contribution in [3.63, 3.8) is 0 Å². The fraction of sp³-hybridized carbons (Fsp3) is 0.647. The lowest BCUT2D eigenvalue weighted by atomic mass is 9.96. The van der Waals surface area contributed by atoms with Crippen LogP contribution in [0.3, 0.4) is 0 Å². The summed E-state index contributed by atoms with van der Waals surface area (Å²) in [6.07, 6.45) is 2.20. The van der Waals surface area contributed by atoms with Gasteiger partial charge < -0.3 is 14.7 Å². The molecule has 24 heavy (non-hydrogen) atoms. The van der Waals surface area contributed by atoms with E-state index in [4.69, 9.17) is 0 Å². The van der Waals surface area contributed by atoms with E-state index in [9.17, 15) is 14.5 Å². The minimum Gasteiger partial charge on any atom is -0.369 e. The van der Waals surface area contributed by atoms with E-state index in [1.54, 1.807) is 6.07 Å². The molecule has 2 saturated heterocycles. The van der Waals surface area contributed by atoms with Crippen molar-refractivity contribution < 1.29 is 9.31 Å². The number of benzene rings is 1. The second kappa shape index (κ2) is 7.44. The van der Waals surface area contributed by atoms with Crippen LogP contribution in [-0.4, -0.2) is 67.6 Å². The molecule has 0 aliphatic carbocycles. The second-order valence-corrected chi connectivity index (χ2v) is 6.95. The molecule has 2 aliphatic rings. The molecule has 0 N–H and O–H groups in total. The number of nitro groups is 1. The summed E-state index contributed by atoms with van der Waals surface area (Å²) in [5.74, 6) is 0.0289. The molecule has 1 aromatic rings. The van der Waals surface area contributed by atoms with Gasteiger partial charge in [-0.05, 0) is 31.9 Å². The van der Waals surface area contributed by atoms with Crippen molar-refractivity contribution in [1.82, 2.24) is 9.80 Å². The van der Waals surface area contributed by atoms with Gasteiger partial charge in [0.25, 0.3) is 5.69 Å². The van der Waals surface area contributed by atoms with Crippen LogP contribution in [0.2, 0.25) is 0 Å². The third-order valence-electron chi connectivity index (χ3n) is 5.11. The first-order valence-electron chi connectivity index (χ1n) is 8.62. The first-order chi connectivity index (χ1) is 11.5. The summed E-state index contributed by atoms with van der Waals surface area (Å²) < 4.78 is 14.3. The number of piperazine rings is 1. The molecule has 0 amide bonds. The normalized spacial score (nSPS) is 23.4. The van der Waals surface area contributed by atoms with Gasteiger partial charge in [0.05, 0.1) is 16.7 Å². The Balaban J connectivity index is 1.62. The van der Waals surface area contributed by atoms with Gasteiger partial charge in [-0.3, -0.25) is 10.1 Å². The summed E-state index contributed by atoms with van der Waals surface area (Å²) >= 11 is 0. The van der Waals surface area contributed by atoms with Gasteiger partial charge in [-0.15, -0.1) is 0 Å². The van der Waals surface area contributed by atoms with E-state index in [2.05, 4.69) is 16.8 Å². The third-order valence-corrected chi connectivity index (χ3v) is 5.11. The average molecular weight is 336 g/mol. The summed E-state index contributed by atoms with van der Waals surface area (Å²) in [6, 6.07) is 3.97. The van der Waals surface area contributed by atoms with E-state index in [1.165, 1.54) is 6.07 Å². The molecule has 6 nitrogen and oxygen atoms in total. The predicted molar refractivity (Wildman–Crippen MR) is 91.9 cm³/mol. The number of anilines is 1. The Morgan fingerprint density at radius 1 is 1.25 bits per heavy atom. The van der Waals surface area contributed by atoms with Crippen molar-refractivity contribution in [3.05, 3.63) is 34.1 Å². The van der Waals surface area contributed by atoms with Crippen LogP contribution in [0.4, 0.5) is 15.8 Å². The van der Waals surface area contributed by atoms with Gasteiger partial charge in [0.2, 0.25) is 0 Å². The molecule has 3 rings (SSSR count). The quantitative estimate of drug-likeness (QED) is 0.623. The Labute approximate surface area is 142 Å². The first-order valence-corrected chi connectivity index (χ1v) is 8.62. The Morgan fingerprint density at radius 2 is 2.00 bits per heavy atom. The lowest BCUT2D eigenvalue weighted by Crippen LogP contribution is -2.48. The first kappa shape index (κ1) is 17.1. The number of nitro benzene ring substituents is 1. The smallest absolute Gasteiger partial charge is 0.272 e. The fourth-order valence-corrected chi connectivity index (χ4v) is 3.69. The molecule has 0 saturated carbocycles. The molecule has 2 aliphatic heterocycles. The second-order valence-electron chi connectivity index (χ2n) is 6.95. The number of likely N-dealkylation sites (N-methyl/N-ethyl adjacent to an activating group) is 1. The predicted octanol–water partition coefficient (Wildman–Crippen LogP) is 2.20. The van der Waals surface area contributed by atoms with Gasteiger partial charge in [0, 0.05) is 51.9 Å². The van der Waals surface area contributed by atoms with Crippen molar-refractivity contribution in [2.75, 3.05) is 57.8 Å². The van der Waals surface area contributed by atoms with Crippen LogP contribution in [0.25, 0.3) is 0 Å². The van der Waals surface area contributed by atoms with Crippen LogP contribution in [0, 0.1) is 21.8 Å². The summed E-state index contributed by atoms with van der Waals surface area (Å²) in [7, 11) is 2.15. The lowest BCUT2D eigenvalue weighted by molar-refractivity contribution is -0.385. The highest BCUT2D eigenvalue weighted by Crippen LogP contribution is 2.28. The van der Waals surface area contributed by atoms with Gasteiger partial charge in [-0.2, -0.15) is 0 Å². The maximum atomic E-state index is 14.3. The number of non-ortho nitro benzene ring substituents is 1. The van der Waals surface area contributed by atoms with Gasteiger partial charge in [-0.1, -0.05) is 0 Å². The minimum absolute atomic E-state index is 0.192. The highest BCUT2D eigenvalue weighted by Gasteiger charge is 2.25. The molecule has 132 valence electrons. The molecular formula is C17H25FN4O2. The topological polar surface area (TPSA) is 52.9 Å². The lowest BCUT2D eigenvalue weighted by Gasteiger charge is -2.39. The van der Waals surface area contributed by atoms with Gasteiger partial charge in [0.1, 0.15) is 0 Å². The zero-order chi connectivity index (χ0) is 17.1. The van der Waals surface area contributed by atoms with Crippen molar-refractivity contribution in [2.24, 2.45) is 5.92 Å². The summed E-state index contributed by atoms with van der Waals surface area (Å²) in [5.41, 5.74) is 0.297. The number of piperidine rings is 1. The van der Waals surface area contributed by atoms with E-state index in [0.29, 0.717) is 11.6 Å². The zero-order valence-electron chi connectivity index (χ0n) is 14.2. The summed E-state index contributed by atoms with van der Waals surface area (Å²) in [5, 5.41) is 10.8. The highest BCUT2D eigenvalue weighted by molar-refractivity contribution is 5.52. The molecule has 0 radical (unpaired) electrons. The largest absolute Gasteiger partial charge is 0.369 e. The fourth-order valence-electron chi connectivity index (χ4n) is 3.69. The number of nitrogens with zero attached hydrogens (tertiary/aromatic N) is 4. The number of hydrogen-bond donors (Lipinski definition) is 0. The molecule has 1 unspecified atom stereocenters. The van der Waals surface area contributed by atoms with Crippen LogP contribution in [0.1, 0.15) is 12.8 Å². The van der Waals surface area contributed by atoms with E-state index in [0.717, 1.165) is 64.7 Å². The minimum atomic E-state index is -0.556. The van der Waals surface area contributed by atoms with Crippen LogP contribution in [0.15, 0.2) is 18.2 Å². The molecule has 0 bridgehead atoms. The summed E-state index contributed by atoms with van der Waals surface area (Å²) in [6.45, 7) is 7.09. The monoisotopic (exact) mass is 336 g/mol. The van der Waals surface area contributed by atoms with Crippen molar-refractivity contribution in [1.29, 1.82) is 0 Å². The van der Waals surface area contributed by atoms with Gasteiger partial charge in [0.15, 0.2) is 5.82 Å². The molecule has 0 spiro atoms. The Kier molecular flexibility index (Phi) is 5.30. The summed E-state index contributed by atoms with van der Waals surface area (Å²) in [4.78, 5) is 17.1. The van der Waals surface area contributed by atoms with Crippen molar-refractivity contribution >= 4 is 11.4 Å². The van der Waals surface area contributed by atoms with E-state index in [-0.39, 0.29) is 5.69 Å². The van der Waals surface area contributed by atoms with E-state index in [1.807, 2.05) is 4.90 Å². The van der Waals surface area contributed by atoms with Crippen LogP contribution < -0.4 is 4.90 Å². The molecule has 2 fully saturated rings. The Bertz CT molecular complexity index is 590. The molecular weight excluding hydrogens is 311 g/mol.